The Morgan fingerprint density at radius 3 is 2.38 bits per heavy atom. The predicted molar refractivity (Wildman–Crippen MR) is 103 cm³/mol. The van der Waals surface area contributed by atoms with E-state index in [1.165, 1.54) is 5.56 Å². The van der Waals surface area contributed by atoms with Crippen LogP contribution in [-0.2, 0) is 0 Å². The molecule has 0 fully saturated rings. The molecule has 0 spiro atoms. The van der Waals surface area contributed by atoms with Gasteiger partial charge in [-0.1, -0.05) is 63.5 Å². The van der Waals surface area contributed by atoms with E-state index in [1.54, 1.807) is 4.68 Å². The molecule has 0 saturated heterocycles. The third-order valence-corrected chi connectivity index (χ3v) is 4.67. The number of hydrogen-bond donors (Lipinski definition) is 0. The molecule has 0 aliphatic heterocycles. The third kappa shape index (κ3) is 3.41. The van der Waals surface area contributed by atoms with E-state index in [9.17, 15) is 0 Å². The molecule has 3 rings (SSSR count). The van der Waals surface area contributed by atoms with Crippen LogP contribution in [0.25, 0.3) is 22.0 Å². The Labute approximate surface area is 154 Å². The van der Waals surface area contributed by atoms with Crippen molar-refractivity contribution in [1.29, 1.82) is 0 Å². The molecule has 0 N–H and O–H groups in total. The molecule has 26 heavy (non-hydrogen) atoms. The molecule has 0 aliphatic rings. The highest BCUT2D eigenvalue weighted by atomic mass is 16.4. The van der Waals surface area contributed by atoms with Crippen LogP contribution in [0.3, 0.4) is 0 Å². The summed E-state index contributed by atoms with van der Waals surface area (Å²) < 4.78 is 7.35. The van der Waals surface area contributed by atoms with Crippen molar-refractivity contribution >= 4 is 5.82 Å². The molecule has 0 saturated carbocycles. The first-order chi connectivity index (χ1) is 12.6. The van der Waals surface area contributed by atoms with Crippen molar-refractivity contribution in [3.63, 3.8) is 0 Å². The Morgan fingerprint density at radius 2 is 1.81 bits per heavy atom. The number of benzene rings is 1. The Kier molecular flexibility index (Phi) is 5.22. The van der Waals surface area contributed by atoms with Crippen LogP contribution in [0.1, 0.15) is 63.8 Å². The molecule has 5 nitrogen and oxygen atoms in total. The summed E-state index contributed by atoms with van der Waals surface area (Å²) in [6.45, 7) is 15.7. The zero-order valence-electron chi connectivity index (χ0n) is 15.7. The van der Waals surface area contributed by atoms with Crippen molar-refractivity contribution in [2.24, 2.45) is 0 Å². The molecule has 0 amide bonds. The summed E-state index contributed by atoms with van der Waals surface area (Å²) in [5, 5.41) is 4.59. The number of hydrogen-bond acceptors (Lipinski definition) is 3. The molecule has 1 aromatic carbocycles. The van der Waals surface area contributed by atoms with E-state index in [-0.39, 0.29) is 11.7 Å². The summed E-state index contributed by atoms with van der Waals surface area (Å²) in [6, 6.07) is 10.5. The van der Waals surface area contributed by atoms with Gasteiger partial charge in [0.15, 0.2) is 0 Å². The molecule has 3 aromatic rings. The highest BCUT2D eigenvalue weighted by Crippen LogP contribution is 2.29. The maximum Gasteiger partial charge on any atom is 0.335 e. The van der Waals surface area contributed by atoms with Crippen LogP contribution in [0.15, 0.2) is 40.9 Å². The van der Waals surface area contributed by atoms with E-state index in [4.69, 9.17) is 11.0 Å². The molecular weight excluding hydrogens is 324 g/mol. The van der Waals surface area contributed by atoms with Crippen LogP contribution in [0.2, 0.25) is 0 Å². The second-order valence-electron chi connectivity index (χ2n) is 6.73. The molecule has 2 aromatic heterocycles. The minimum atomic E-state index is 0.122. The number of nitrogens with zero attached hydrogens (tertiary/aromatic N) is 4. The summed E-state index contributed by atoms with van der Waals surface area (Å²) in [5.74, 6) is 1.90. The lowest BCUT2D eigenvalue weighted by Gasteiger charge is -2.12. The standard InChI is InChI=1S/C21H24N4O/c1-6-15(7-2)16-8-10-17(11-9-16)18-12-13-25(24-18)21-19(22-5)23-20(26-21)14(3)4/h8-15H,6-7H2,1-4H3. The van der Waals surface area contributed by atoms with Gasteiger partial charge in [-0.15, -0.1) is 0 Å². The second-order valence-corrected chi connectivity index (χ2v) is 6.73. The summed E-state index contributed by atoms with van der Waals surface area (Å²) >= 11 is 0. The van der Waals surface area contributed by atoms with E-state index in [0.717, 1.165) is 24.1 Å². The number of oxazole rings is 1. The Hall–Kier alpha value is -2.87. The molecule has 134 valence electrons. The molecular formula is C21H24N4O. The van der Waals surface area contributed by atoms with Crippen molar-refractivity contribution in [2.45, 2.75) is 52.4 Å². The van der Waals surface area contributed by atoms with Gasteiger partial charge in [-0.05, 0) is 30.4 Å². The lowest BCUT2D eigenvalue weighted by molar-refractivity contribution is 0.448. The number of aromatic nitrogens is 3. The number of rotatable bonds is 6. The van der Waals surface area contributed by atoms with Gasteiger partial charge >= 0.3 is 5.82 Å². The Balaban J connectivity index is 1.90. The zero-order chi connectivity index (χ0) is 18.7. The van der Waals surface area contributed by atoms with Crippen LogP contribution in [-0.4, -0.2) is 14.8 Å². The second kappa shape index (κ2) is 7.57. The van der Waals surface area contributed by atoms with Crippen LogP contribution < -0.4 is 0 Å². The van der Waals surface area contributed by atoms with E-state index in [2.05, 4.69) is 53.0 Å². The van der Waals surface area contributed by atoms with Gasteiger partial charge in [-0.25, -0.2) is 4.68 Å². The predicted octanol–water partition coefficient (Wildman–Crippen LogP) is 6.11. The first-order valence-corrected chi connectivity index (χ1v) is 9.11. The summed E-state index contributed by atoms with van der Waals surface area (Å²) in [7, 11) is 0. The van der Waals surface area contributed by atoms with Gasteiger partial charge in [0.1, 0.15) is 0 Å². The molecule has 0 aliphatic carbocycles. The zero-order valence-corrected chi connectivity index (χ0v) is 15.7. The largest absolute Gasteiger partial charge is 0.414 e. The van der Waals surface area contributed by atoms with Crippen molar-refractivity contribution in [2.75, 3.05) is 0 Å². The average Bonchev–Trinajstić information content (AvgIpc) is 3.30. The fourth-order valence-electron chi connectivity index (χ4n) is 3.07. The average molecular weight is 348 g/mol. The smallest absolute Gasteiger partial charge is 0.335 e. The van der Waals surface area contributed by atoms with Crippen LogP contribution in [0, 0.1) is 6.57 Å². The minimum Gasteiger partial charge on any atom is -0.414 e. The monoisotopic (exact) mass is 348 g/mol. The van der Waals surface area contributed by atoms with Crippen LogP contribution in [0.4, 0.5) is 5.82 Å². The quantitative estimate of drug-likeness (QED) is 0.505. The molecule has 5 heteroatoms. The minimum absolute atomic E-state index is 0.122. The maximum atomic E-state index is 7.32. The summed E-state index contributed by atoms with van der Waals surface area (Å²) in [5.41, 5.74) is 3.26. The lowest BCUT2D eigenvalue weighted by Crippen LogP contribution is -1.95. The van der Waals surface area contributed by atoms with Crippen LogP contribution >= 0.6 is 0 Å². The van der Waals surface area contributed by atoms with Gasteiger partial charge in [0.2, 0.25) is 5.88 Å². The lowest BCUT2D eigenvalue weighted by atomic mass is 9.93. The molecule has 2 heterocycles. The molecule has 0 unspecified atom stereocenters. The topological polar surface area (TPSA) is 48.2 Å². The summed E-state index contributed by atoms with van der Waals surface area (Å²) in [4.78, 5) is 7.72. The van der Waals surface area contributed by atoms with E-state index >= 15 is 0 Å². The molecule has 0 atom stereocenters. The normalized spacial score (nSPS) is 11.3. The van der Waals surface area contributed by atoms with E-state index < -0.39 is 0 Å². The van der Waals surface area contributed by atoms with Crippen LogP contribution in [0.5, 0.6) is 0 Å². The fourth-order valence-corrected chi connectivity index (χ4v) is 3.07. The highest BCUT2D eigenvalue weighted by molar-refractivity contribution is 5.60. The first-order valence-electron chi connectivity index (χ1n) is 9.11. The van der Waals surface area contributed by atoms with Gasteiger partial charge in [0.05, 0.1) is 11.6 Å². The van der Waals surface area contributed by atoms with Gasteiger partial charge in [-0.2, -0.15) is 5.10 Å². The van der Waals surface area contributed by atoms with Crippen molar-refractivity contribution < 1.29 is 4.42 Å². The molecule has 0 radical (unpaired) electrons. The molecule has 0 bridgehead atoms. The van der Waals surface area contributed by atoms with Gasteiger partial charge in [0, 0.05) is 11.8 Å². The highest BCUT2D eigenvalue weighted by Gasteiger charge is 2.20. The maximum absolute atomic E-state index is 7.32. The summed E-state index contributed by atoms with van der Waals surface area (Å²) in [6.07, 6.45) is 4.10. The van der Waals surface area contributed by atoms with Gasteiger partial charge < -0.3 is 9.26 Å². The Morgan fingerprint density at radius 1 is 1.12 bits per heavy atom. The van der Waals surface area contributed by atoms with Crippen molar-refractivity contribution in [1.82, 2.24) is 14.8 Å². The van der Waals surface area contributed by atoms with Crippen molar-refractivity contribution in [3.8, 4) is 17.1 Å². The van der Waals surface area contributed by atoms with E-state index in [0.29, 0.717) is 17.7 Å². The van der Waals surface area contributed by atoms with Crippen molar-refractivity contribution in [3.05, 3.63) is 59.4 Å². The van der Waals surface area contributed by atoms with Gasteiger partial charge in [-0.3, -0.25) is 0 Å². The first kappa shape index (κ1) is 17.9. The fraction of sp³-hybridized carbons (Fsp3) is 0.381. The van der Waals surface area contributed by atoms with Gasteiger partial charge in [0.25, 0.3) is 5.89 Å². The van der Waals surface area contributed by atoms with E-state index in [1.807, 2.05) is 26.1 Å². The third-order valence-electron chi connectivity index (χ3n) is 4.67. The Bertz CT molecular complexity index is 908. The SMILES string of the molecule is [C-]#[N+]c1nc(C(C)C)oc1-n1ccc(-c2ccc(C(CC)CC)cc2)n1.